The minimum atomic E-state index is -1.02. The number of imidazole rings is 1. The van der Waals surface area contributed by atoms with E-state index in [2.05, 4.69) is 15.0 Å². The third-order valence-corrected chi connectivity index (χ3v) is 2.30. The Balaban J connectivity index is 2.46. The molecule has 2 aromatic rings. The molecule has 0 saturated carbocycles. The van der Waals surface area contributed by atoms with Crippen molar-refractivity contribution in [1.82, 2.24) is 15.0 Å². The van der Waals surface area contributed by atoms with Gasteiger partial charge in [0.25, 0.3) is 0 Å². The van der Waals surface area contributed by atoms with Crippen LogP contribution in [0.25, 0.3) is 11.5 Å². The maximum atomic E-state index is 10.7. The number of pyridine rings is 1. The molecule has 0 amide bonds. The van der Waals surface area contributed by atoms with E-state index in [0.29, 0.717) is 11.5 Å². The Morgan fingerprint density at radius 1 is 1.50 bits per heavy atom. The third kappa shape index (κ3) is 1.79. The van der Waals surface area contributed by atoms with Gasteiger partial charge in [-0.25, -0.2) is 9.78 Å². The summed E-state index contributed by atoms with van der Waals surface area (Å²) in [5.74, 6) is -0.525. The standard InChI is InChI=1S/C11H11N3O2/c1-2-7-4-3-5-12-9(7)10-13-6-8(14-10)11(15)16/h3-6H,2H2,1H3,(H,13,14)(H,15,16). The number of aromatic amines is 1. The van der Waals surface area contributed by atoms with Crippen molar-refractivity contribution in [1.29, 1.82) is 0 Å². The lowest BCUT2D eigenvalue weighted by molar-refractivity contribution is 0.0691. The maximum Gasteiger partial charge on any atom is 0.353 e. The Hall–Kier alpha value is -2.17. The first kappa shape index (κ1) is 10.4. The Morgan fingerprint density at radius 2 is 2.31 bits per heavy atom. The van der Waals surface area contributed by atoms with Gasteiger partial charge in [-0.2, -0.15) is 0 Å². The molecule has 0 spiro atoms. The number of H-pyrrole nitrogens is 1. The SMILES string of the molecule is CCc1cccnc1-c1ncc(C(=O)O)[nH]1. The molecule has 0 aliphatic rings. The van der Waals surface area contributed by atoms with E-state index in [1.54, 1.807) is 6.20 Å². The van der Waals surface area contributed by atoms with Gasteiger partial charge in [0.1, 0.15) is 11.4 Å². The molecule has 2 heterocycles. The van der Waals surface area contributed by atoms with Crippen LogP contribution in [0.15, 0.2) is 24.5 Å². The number of aryl methyl sites for hydroxylation is 1. The van der Waals surface area contributed by atoms with Crippen molar-refractivity contribution in [2.75, 3.05) is 0 Å². The number of nitrogens with zero attached hydrogens (tertiary/aromatic N) is 2. The predicted octanol–water partition coefficient (Wildman–Crippen LogP) is 1.73. The quantitative estimate of drug-likeness (QED) is 0.820. The zero-order valence-corrected chi connectivity index (χ0v) is 8.77. The van der Waals surface area contributed by atoms with Crippen molar-refractivity contribution >= 4 is 5.97 Å². The zero-order chi connectivity index (χ0) is 11.5. The summed E-state index contributed by atoms with van der Waals surface area (Å²) in [5, 5.41) is 8.78. The summed E-state index contributed by atoms with van der Waals surface area (Å²) in [4.78, 5) is 21.7. The first-order valence-electron chi connectivity index (χ1n) is 4.95. The van der Waals surface area contributed by atoms with Crippen LogP contribution in [0.4, 0.5) is 0 Å². The second kappa shape index (κ2) is 4.14. The molecule has 0 aromatic carbocycles. The smallest absolute Gasteiger partial charge is 0.353 e. The number of aromatic carboxylic acids is 1. The monoisotopic (exact) mass is 217 g/mol. The van der Waals surface area contributed by atoms with Gasteiger partial charge < -0.3 is 10.1 Å². The van der Waals surface area contributed by atoms with E-state index in [4.69, 9.17) is 5.11 Å². The Morgan fingerprint density at radius 3 is 2.94 bits per heavy atom. The molecular formula is C11H11N3O2. The predicted molar refractivity (Wildman–Crippen MR) is 58.2 cm³/mol. The second-order valence-corrected chi connectivity index (χ2v) is 3.32. The van der Waals surface area contributed by atoms with E-state index in [-0.39, 0.29) is 5.69 Å². The molecule has 2 N–H and O–H groups in total. The first-order chi connectivity index (χ1) is 7.72. The summed E-state index contributed by atoms with van der Waals surface area (Å²) in [6.45, 7) is 2.02. The minimum Gasteiger partial charge on any atom is -0.477 e. The topological polar surface area (TPSA) is 78.9 Å². The van der Waals surface area contributed by atoms with Gasteiger partial charge in [-0.1, -0.05) is 13.0 Å². The number of aromatic nitrogens is 3. The van der Waals surface area contributed by atoms with Gasteiger partial charge in [0.15, 0.2) is 5.82 Å². The number of nitrogens with one attached hydrogen (secondary N) is 1. The van der Waals surface area contributed by atoms with Crippen molar-refractivity contribution < 1.29 is 9.90 Å². The van der Waals surface area contributed by atoms with Crippen LogP contribution < -0.4 is 0 Å². The van der Waals surface area contributed by atoms with Crippen LogP contribution in [0.1, 0.15) is 23.0 Å². The van der Waals surface area contributed by atoms with Crippen molar-refractivity contribution in [3.8, 4) is 11.5 Å². The van der Waals surface area contributed by atoms with Crippen molar-refractivity contribution in [2.45, 2.75) is 13.3 Å². The lowest BCUT2D eigenvalue weighted by Gasteiger charge is -2.02. The number of carbonyl (C=O) groups is 1. The molecule has 0 atom stereocenters. The first-order valence-corrected chi connectivity index (χ1v) is 4.95. The van der Waals surface area contributed by atoms with E-state index in [0.717, 1.165) is 12.0 Å². The van der Waals surface area contributed by atoms with Crippen LogP contribution in [0.3, 0.4) is 0 Å². The summed E-state index contributed by atoms with van der Waals surface area (Å²) in [5.41, 5.74) is 1.81. The van der Waals surface area contributed by atoms with Crippen LogP contribution in [0.5, 0.6) is 0 Å². The Labute approximate surface area is 92.2 Å². The van der Waals surface area contributed by atoms with Crippen LogP contribution in [0.2, 0.25) is 0 Å². The highest BCUT2D eigenvalue weighted by Gasteiger charge is 2.11. The molecule has 0 fully saturated rings. The average molecular weight is 217 g/mol. The van der Waals surface area contributed by atoms with E-state index in [1.165, 1.54) is 6.20 Å². The molecule has 0 radical (unpaired) electrons. The summed E-state index contributed by atoms with van der Waals surface area (Å²) in [6, 6.07) is 3.80. The summed E-state index contributed by atoms with van der Waals surface area (Å²) < 4.78 is 0. The maximum absolute atomic E-state index is 10.7. The van der Waals surface area contributed by atoms with Gasteiger partial charge in [-0.3, -0.25) is 4.98 Å². The average Bonchev–Trinajstić information content (AvgIpc) is 2.78. The lowest BCUT2D eigenvalue weighted by Crippen LogP contribution is -1.97. The summed E-state index contributed by atoms with van der Waals surface area (Å²) in [6.07, 6.45) is 3.79. The molecule has 5 nitrogen and oxygen atoms in total. The van der Waals surface area contributed by atoms with Gasteiger partial charge in [-0.15, -0.1) is 0 Å². The third-order valence-electron chi connectivity index (χ3n) is 2.30. The number of carboxylic acid groups (broad SMARTS) is 1. The fraction of sp³-hybridized carbons (Fsp3) is 0.182. The van der Waals surface area contributed by atoms with E-state index < -0.39 is 5.97 Å². The van der Waals surface area contributed by atoms with Crippen LogP contribution >= 0.6 is 0 Å². The number of hydrogen-bond donors (Lipinski definition) is 2. The molecule has 16 heavy (non-hydrogen) atoms. The van der Waals surface area contributed by atoms with Crippen LogP contribution in [-0.2, 0) is 6.42 Å². The molecule has 0 aliphatic heterocycles. The Kier molecular flexibility index (Phi) is 2.68. The van der Waals surface area contributed by atoms with Gasteiger partial charge in [0.2, 0.25) is 0 Å². The number of carboxylic acids is 1. The molecule has 5 heteroatoms. The number of hydrogen-bond acceptors (Lipinski definition) is 3. The van der Waals surface area contributed by atoms with E-state index >= 15 is 0 Å². The van der Waals surface area contributed by atoms with Gasteiger partial charge in [-0.05, 0) is 18.1 Å². The molecule has 0 aliphatic carbocycles. The van der Waals surface area contributed by atoms with Crippen molar-refractivity contribution in [2.24, 2.45) is 0 Å². The lowest BCUT2D eigenvalue weighted by atomic mass is 10.1. The van der Waals surface area contributed by atoms with Gasteiger partial charge >= 0.3 is 5.97 Å². The van der Waals surface area contributed by atoms with Gasteiger partial charge in [0.05, 0.1) is 6.20 Å². The molecule has 0 saturated heterocycles. The molecule has 0 bridgehead atoms. The minimum absolute atomic E-state index is 0.0720. The largest absolute Gasteiger partial charge is 0.477 e. The fourth-order valence-electron chi connectivity index (χ4n) is 1.49. The normalized spacial score (nSPS) is 10.3. The molecule has 2 aromatic heterocycles. The van der Waals surface area contributed by atoms with Crippen molar-refractivity contribution in [3.63, 3.8) is 0 Å². The molecule has 2 rings (SSSR count). The van der Waals surface area contributed by atoms with Crippen molar-refractivity contribution in [3.05, 3.63) is 35.8 Å². The highest BCUT2D eigenvalue weighted by atomic mass is 16.4. The van der Waals surface area contributed by atoms with Gasteiger partial charge in [0, 0.05) is 6.20 Å². The van der Waals surface area contributed by atoms with Crippen LogP contribution in [0, 0.1) is 0 Å². The fourth-order valence-corrected chi connectivity index (χ4v) is 1.49. The Bertz CT molecular complexity index is 519. The van der Waals surface area contributed by atoms with E-state index in [1.807, 2.05) is 19.1 Å². The molecule has 0 unspecified atom stereocenters. The highest BCUT2D eigenvalue weighted by Crippen LogP contribution is 2.18. The second-order valence-electron chi connectivity index (χ2n) is 3.32. The van der Waals surface area contributed by atoms with E-state index in [9.17, 15) is 4.79 Å². The van der Waals surface area contributed by atoms with Crippen LogP contribution in [-0.4, -0.2) is 26.0 Å². The summed E-state index contributed by atoms with van der Waals surface area (Å²) >= 11 is 0. The summed E-state index contributed by atoms with van der Waals surface area (Å²) in [7, 11) is 0. The zero-order valence-electron chi connectivity index (χ0n) is 8.77. The molecular weight excluding hydrogens is 206 g/mol. The number of rotatable bonds is 3. The molecule has 82 valence electrons. The highest BCUT2D eigenvalue weighted by molar-refractivity contribution is 5.85.